The molecule has 0 amide bonds. The second-order valence-electron chi connectivity index (χ2n) is 4.89. The van der Waals surface area contributed by atoms with Gasteiger partial charge in [-0.3, -0.25) is 0 Å². The molecule has 16 heavy (non-hydrogen) atoms. The molecule has 3 rings (SSSR count). The zero-order valence-electron chi connectivity index (χ0n) is 9.74. The van der Waals surface area contributed by atoms with Crippen LogP contribution in [0.4, 0.5) is 0 Å². The lowest BCUT2D eigenvalue weighted by Crippen LogP contribution is -2.24. The summed E-state index contributed by atoms with van der Waals surface area (Å²) in [7, 11) is 0. The maximum absolute atomic E-state index is 5.78. The molecule has 2 heteroatoms. The smallest absolute Gasteiger partial charge is 0.0512 e. The highest BCUT2D eigenvalue weighted by molar-refractivity contribution is 5.84. The third-order valence-electron chi connectivity index (χ3n) is 3.80. The van der Waals surface area contributed by atoms with Gasteiger partial charge in [0, 0.05) is 17.6 Å². The Labute approximate surface area is 96.1 Å². The van der Waals surface area contributed by atoms with Gasteiger partial charge in [-0.2, -0.15) is 0 Å². The molecule has 0 saturated heterocycles. The molecule has 0 saturated carbocycles. The minimum atomic E-state index is 0.678. The molecule has 1 aliphatic heterocycles. The minimum absolute atomic E-state index is 0.678. The number of aryl methyl sites for hydroxylation is 2. The molecule has 84 valence electrons. The van der Waals surface area contributed by atoms with Crippen LogP contribution in [0, 0.1) is 12.8 Å². The summed E-state index contributed by atoms with van der Waals surface area (Å²) in [5.74, 6) is 0.678. The third-order valence-corrected chi connectivity index (χ3v) is 3.80. The van der Waals surface area contributed by atoms with E-state index in [0.717, 1.165) is 19.5 Å². The summed E-state index contributed by atoms with van der Waals surface area (Å²) in [4.78, 5) is 0. The van der Waals surface area contributed by atoms with Crippen LogP contribution in [-0.4, -0.2) is 11.1 Å². The number of nitrogens with zero attached hydrogens (tertiary/aromatic N) is 1. The van der Waals surface area contributed by atoms with Crippen molar-refractivity contribution in [3.05, 3.63) is 35.5 Å². The van der Waals surface area contributed by atoms with Gasteiger partial charge in [0.2, 0.25) is 0 Å². The summed E-state index contributed by atoms with van der Waals surface area (Å²) in [6, 6.07) is 8.89. The van der Waals surface area contributed by atoms with Gasteiger partial charge in [0.25, 0.3) is 0 Å². The van der Waals surface area contributed by atoms with Gasteiger partial charge in [-0.1, -0.05) is 18.2 Å². The Morgan fingerprint density at radius 1 is 1.44 bits per heavy atom. The molecule has 1 aliphatic rings. The van der Waals surface area contributed by atoms with Gasteiger partial charge in [-0.25, -0.2) is 0 Å². The Hall–Kier alpha value is -1.28. The number of benzene rings is 1. The lowest BCUT2D eigenvalue weighted by Gasteiger charge is -2.24. The van der Waals surface area contributed by atoms with Crippen LogP contribution >= 0.6 is 0 Å². The Balaban J connectivity index is 2.17. The summed E-state index contributed by atoms with van der Waals surface area (Å²) in [5, 5.41) is 1.38. The highest BCUT2D eigenvalue weighted by atomic mass is 15.0. The van der Waals surface area contributed by atoms with Crippen LogP contribution in [0.1, 0.15) is 17.7 Å². The Morgan fingerprint density at radius 2 is 2.31 bits per heavy atom. The summed E-state index contributed by atoms with van der Waals surface area (Å²) < 4.78 is 2.48. The average molecular weight is 214 g/mol. The Morgan fingerprint density at radius 3 is 3.12 bits per heavy atom. The number of fused-ring (bicyclic) bond motifs is 3. The summed E-state index contributed by atoms with van der Waals surface area (Å²) in [6.07, 6.45) is 2.37. The van der Waals surface area contributed by atoms with Crippen LogP contribution in [0.15, 0.2) is 24.3 Å². The molecule has 1 unspecified atom stereocenters. The SMILES string of the molecule is Cc1cccc2cc3n(c12)CCC(CN)C3. The van der Waals surface area contributed by atoms with Crippen LogP contribution in [0.2, 0.25) is 0 Å². The van der Waals surface area contributed by atoms with Crippen molar-refractivity contribution in [3.63, 3.8) is 0 Å². The summed E-state index contributed by atoms with van der Waals surface area (Å²) in [5.41, 5.74) is 10.0. The standard InChI is InChI=1S/C14H18N2/c1-10-3-2-4-12-8-13-7-11(9-15)5-6-16(13)14(10)12/h2-4,8,11H,5-7,9,15H2,1H3. The first-order valence-corrected chi connectivity index (χ1v) is 6.07. The van der Waals surface area contributed by atoms with Crippen LogP contribution in [-0.2, 0) is 13.0 Å². The molecule has 0 aliphatic carbocycles. The predicted molar refractivity (Wildman–Crippen MR) is 67.5 cm³/mol. The lowest BCUT2D eigenvalue weighted by molar-refractivity contribution is 0.402. The zero-order chi connectivity index (χ0) is 11.1. The molecule has 0 fully saturated rings. The monoisotopic (exact) mass is 214 g/mol. The van der Waals surface area contributed by atoms with Crippen molar-refractivity contribution >= 4 is 10.9 Å². The molecule has 2 nitrogen and oxygen atoms in total. The molecule has 0 bridgehead atoms. The van der Waals surface area contributed by atoms with E-state index in [4.69, 9.17) is 5.73 Å². The molecule has 0 radical (unpaired) electrons. The molecule has 1 aromatic carbocycles. The summed E-state index contributed by atoms with van der Waals surface area (Å²) >= 11 is 0. The van der Waals surface area contributed by atoms with E-state index >= 15 is 0 Å². The van der Waals surface area contributed by atoms with Crippen molar-refractivity contribution < 1.29 is 0 Å². The number of aromatic nitrogens is 1. The molecular formula is C14H18N2. The van der Waals surface area contributed by atoms with Crippen molar-refractivity contribution in [1.82, 2.24) is 4.57 Å². The molecule has 2 N–H and O–H groups in total. The van der Waals surface area contributed by atoms with E-state index in [1.54, 1.807) is 0 Å². The van der Waals surface area contributed by atoms with Crippen molar-refractivity contribution in [2.75, 3.05) is 6.54 Å². The Kier molecular flexibility index (Phi) is 2.25. The zero-order valence-corrected chi connectivity index (χ0v) is 9.74. The number of hydrogen-bond acceptors (Lipinski definition) is 1. The van der Waals surface area contributed by atoms with E-state index in [1.165, 1.54) is 28.6 Å². The van der Waals surface area contributed by atoms with Gasteiger partial charge in [0.05, 0.1) is 5.52 Å². The van der Waals surface area contributed by atoms with Crippen molar-refractivity contribution in [2.24, 2.45) is 11.7 Å². The van der Waals surface area contributed by atoms with Crippen LogP contribution in [0.5, 0.6) is 0 Å². The quantitative estimate of drug-likeness (QED) is 0.776. The summed E-state index contributed by atoms with van der Waals surface area (Å²) in [6.45, 7) is 4.15. The van der Waals surface area contributed by atoms with E-state index in [2.05, 4.69) is 35.8 Å². The highest BCUT2D eigenvalue weighted by Crippen LogP contribution is 2.29. The molecule has 2 aromatic rings. The first-order valence-electron chi connectivity index (χ1n) is 6.07. The lowest BCUT2D eigenvalue weighted by atomic mass is 9.96. The van der Waals surface area contributed by atoms with Crippen LogP contribution < -0.4 is 5.73 Å². The number of hydrogen-bond donors (Lipinski definition) is 1. The minimum Gasteiger partial charge on any atom is -0.344 e. The highest BCUT2D eigenvalue weighted by Gasteiger charge is 2.19. The molecular weight excluding hydrogens is 196 g/mol. The van der Waals surface area contributed by atoms with E-state index in [1.807, 2.05) is 0 Å². The number of para-hydroxylation sites is 1. The largest absolute Gasteiger partial charge is 0.344 e. The van der Waals surface area contributed by atoms with Gasteiger partial charge in [-0.05, 0) is 43.9 Å². The van der Waals surface area contributed by atoms with E-state index in [9.17, 15) is 0 Å². The maximum Gasteiger partial charge on any atom is 0.0512 e. The predicted octanol–water partition coefficient (Wildman–Crippen LogP) is 2.47. The van der Waals surface area contributed by atoms with Crippen LogP contribution in [0.25, 0.3) is 10.9 Å². The van der Waals surface area contributed by atoms with Gasteiger partial charge < -0.3 is 10.3 Å². The Bertz CT molecular complexity index is 525. The first-order chi connectivity index (χ1) is 7.79. The number of rotatable bonds is 1. The average Bonchev–Trinajstić information content (AvgIpc) is 2.67. The van der Waals surface area contributed by atoms with Gasteiger partial charge >= 0.3 is 0 Å². The van der Waals surface area contributed by atoms with Gasteiger partial charge in [0.15, 0.2) is 0 Å². The van der Waals surface area contributed by atoms with E-state index in [0.29, 0.717) is 5.92 Å². The third kappa shape index (κ3) is 1.37. The van der Waals surface area contributed by atoms with E-state index in [-0.39, 0.29) is 0 Å². The fourth-order valence-corrected chi connectivity index (χ4v) is 2.90. The van der Waals surface area contributed by atoms with E-state index < -0.39 is 0 Å². The molecule has 1 atom stereocenters. The van der Waals surface area contributed by atoms with Gasteiger partial charge in [-0.15, -0.1) is 0 Å². The van der Waals surface area contributed by atoms with Crippen LogP contribution in [0.3, 0.4) is 0 Å². The number of nitrogens with two attached hydrogens (primary N) is 1. The molecule has 1 aromatic heterocycles. The molecule has 0 spiro atoms. The molecule has 2 heterocycles. The van der Waals surface area contributed by atoms with Crippen molar-refractivity contribution in [3.8, 4) is 0 Å². The topological polar surface area (TPSA) is 30.9 Å². The van der Waals surface area contributed by atoms with Gasteiger partial charge in [0.1, 0.15) is 0 Å². The second kappa shape index (κ2) is 3.63. The maximum atomic E-state index is 5.78. The fourth-order valence-electron chi connectivity index (χ4n) is 2.90. The van der Waals surface area contributed by atoms with Crippen molar-refractivity contribution in [1.29, 1.82) is 0 Å². The fraction of sp³-hybridized carbons (Fsp3) is 0.429. The first kappa shape index (κ1) is 9.91. The van der Waals surface area contributed by atoms with Crippen molar-refractivity contribution in [2.45, 2.75) is 26.3 Å². The second-order valence-corrected chi connectivity index (χ2v) is 4.89. The normalized spacial score (nSPS) is 20.0.